The Balaban J connectivity index is 1.53. The molecule has 2 aromatic carbocycles. The van der Waals surface area contributed by atoms with Gasteiger partial charge in [0, 0.05) is 56.9 Å². The van der Waals surface area contributed by atoms with Crippen LogP contribution in [0.15, 0.2) is 48.5 Å². The molecule has 0 atom stereocenters. The van der Waals surface area contributed by atoms with Gasteiger partial charge in [-0.15, -0.1) is 0 Å². The maximum Gasteiger partial charge on any atom is 0.416 e. The summed E-state index contributed by atoms with van der Waals surface area (Å²) >= 11 is 0. The molecule has 10 heteroatoms. The maximum absolute atomic E-state index is 13.3. The summed E-state index contributed by atoms with van der Waals surface area (Å²) in [6, 6.07) is 10.2. The van der Waals surface area contributed by atoms with E-state index in [0.29, 0.717) is 45.8 Å². The second kappa shape index (κ2) is 11.3. The molecule has 1 fully saturated rings. The number of alkyl halides is 3. The van der Waals surface area contributed by atoms with E-state index in [2.05, 4.69) is 10.2 Å². The van der Waals surface area contributed by atoms with E-state index in [1.54, 1.807) is 21.9 Å². The Bertz CT molecular complexity index is 1040. The van der Waals surface area contributed by atoms with Crippen LogP contribution in [-0.2, 0) is 17.5 Å². The van der Waals surface area contributed by atoms with Crippen LogP contribution in [0.5, 0.6) is 0 Å². The standard InChI is InChI=1S/C26H32F4N4O2/c1-25(2,3)23(35)34(18-19-7-9-21(27)10-8-19)16-13-32-11-14-33(15-12-32)24(36)31-22-6-4-5-20(17-22)26(28,29)30/h4-10,17H,11-16,18H2,1-3H3,(H,31,36). The molecule has 0 bridgehead atoms. The summed E-state index contributed by atoms with van der Waals surface area (Å²) in [5.74, 6) is -0.340. The molecule has 1 aliphatic rings. The minimum atomic E-state index is -4.48. The van der Waals surface area contributed by atoms with E-state index in [4.69, 9.17) is 0 Å². The van der Waals surface area contributed by atoms with Crippen molar-refractivity contribution in [1.82, 2.24) is 14.7 Å². The molecule has 0 unspecified atom stereocenters. The lowest BCUT2D eigenvalue weighted by Gasteiger charge is -2.36. The van der Waals surface area contributed by atoms with Crippen molar-refractivity contribution >= 4 is 17.6 Å². The largest absolute Gasteiger partial charge is 0.416 e. The van der Waals surface area contributed by atoms with E-state index < -0.39 is 23.2 Å². The van der Waals surface area contributed by atoms with Crippen LogP contribution in [0.2, 0.25) is 0 Å². The zero-order valence-corrected chi connectivity index (χ0v) is 20.7. The second-order valence-electron chi connectivity index (χ2n) is 9.94. The minimum absolute atomic E-state index is 0.00840. The van der Waals surface area contributed by atoms with Crippen LogP contribution >= 0.6 is 0 Å². The van der Waals surface area contributed by atoms with Crippen molar-refractivity contribution in [2.45, 2.75) is 33.5 Å². The summed E-state index contributed by atoms with van der Waals surface area (Å²) in [6.07, 6.45) is -4.48. The van der Waals surface area contributed by atoms with Crippen molar-refractivity contribution in [3.05, 3.63) is 65.5 Å². The highest BCUT2D eigenvalue weighted by atomic mass is 19.4. The van der Waals surface area contributed by atoms with E-state index in [9.17, 15) is 27.2 Å². The number of rotatable bonds is 6. The third-order valence-corrected chi connectivity index (χ3v) is 6.00. The zero-order valence-electron chi connectivity index (χ0n) is 20.7. The molecule has 196 valence electrons. The molecule has 0 aliphatic carbocycles. The summed E-state index contributed by atoms with van der Waals surface area (Å²) in [5.41, 5.74) is -0.458. The number of benzene rings is 2. The lowest BCUT2D eigenvalue weighted by molar-refractivity contribution is -0.140. The molecule has 1 saturated heterocycles. The van der Waals surface area contributed by atoms with Crippen molar-refractivity contribution in [3.8, 4) is 0 Å². The molecular weight excluding hydrogens is 476 g/mol. The van der Waals surface area contributed by atoms with Gasteiger partial charge in [-0.2, -0.15) is 13.2 Å². The minimum Gasteiger partial charge on any atom is -0.337 e. The normalized spacial score (nSPS) is 15.0. The first-order chi connectivity index (χ1) is 16.8. The van der Waals surface area contributed by atoms with Gasteiger partial charge in [-0.1, -0.05) is 39.0 Å². The van der Waals surface area contributed by atoms with Crippen LogP contribution in [0.25, 0.3) is 0 Å². The smallest absolute Gasteiger partial charge is 0.337 e. The molecule has 36 heavy (non-hydrogen) atoms. The average molecular weight is 509 g/mol. The van der Waals surface area contributed by atoms with Gasteiger partial charge in [0.15, 0.2) is 0 Å². The summed E-state index contributed by atoms with van der Waals surface area (Å²) in [4.78, 5) is 31.0. The molecule has 0 spiro atoms. The number of amides is 3. The number of nitrogens with zero attached hydrogens (tertiary/aromatic N) is 3. The lowest BCUT2D eigenvalue weighted by Crippen LogP contribution is -2.52. The van der Waals surface area contributed by atoms with Crippen LogP contribution in [0.4, 0.5) is 28.0 Å². The molecule has 0 radical (unpaired) electrons. The fourth-order valence-corrected chi connectivity index (χ4v) is 3.95. The number of carbonyl (C=O) groups is 2. The number of urea groups is 1. The van der Waals surface area contributed by atoms with Gasteiger partial charge in [-0.25, -0.2) is 9.18 Å². The number of nitrogens with one attached hydrogen (secondary N) is 1. The Morgan fingerprint density at radius 2 is 1.61 bits per heavy atom. The van der Waals surface area contributed by atoms with Crippen molar-refractivity contribution < 1.29 is 27.2 Å². The number of hydrogen-bond acceptors (Lipinski definition) is 3. The first-order valence-corrected chi connectivity index (χ1v) is 11.8. The predicted octanol–water partition coefficient (Wildman–Crippen LogP) is 5.07. The Hall–Kier alpha value is -3.14. The highest BCUT2D eigenvalue weighted by Crippen LogP contribution is 2.30. The van der Waals surface area contributed by atoms with E-state index in [-0.39, 0.29) is 17.4 Å². The van der Waals surface area contributed by atoms with E-state index in [1.165, 1.54) is 24.3 Å². The Morgan fingerprint density at radius 3 is 2.19 bits per heavy atom. The average Bonchev–Trinajstić information content (AvgIpc) is 2.82. The van der Waals surface area contributed by atoms with E-state index in [0.717, 1.165) is 17.7 Å². The molecule has 1 N–H and O–H groups in total. The zero-order chi connectivity index (χ0) is 26.5. The van der Waals surface area contributed by atoms with Crippen LogP contribution < -0.4 is 5.32 Å². The molecular formula is C26H32F4N4O2. The molecule has 0 saturated carbocycles. The first kappa shape index (κ1) is 27.4. The second-order valence-corrected chi connectivity index (χ2v) is 9.94. The third kappa shape index (κ3) is 7.68. The van der Waals surface area contributed by atoms with Gasteiger partial charge in [-0.3, -0.25) is 9.69 Å². The number of piperazine rings is 1. The van der Waals surface area contributed by atoms with Crippen molar-refractivity contribution in [2.24, 2.45) is 5.41 Å². The number of halogens is 4. The van der Waals surface area contributed by atoms with Crippen molar-refractivity contribution in [1.29, 1.82) is 0 Å². The quantitative estimate of drug-likeness (QED) is 0.555. The van der Waals surface area contributed by atoms with Gasteiger partial charge < -0.3 is 15.1 Å². The van der Waals surface area contributed by atoms with E-state index >= 15 is 0 Å². The topological polar surface area (TPSA) is 55.9 Å². The van der Waals surface area contributed by atoms with Gasteiger partial charge in [0.05, 0.1) is 5.56 Å². The summed E-state index contributed by atoms with van der Waals surface area (Å²) in [6.45, 7) is 8.99. The molecule has 1 aliphatic heterocycles. The highest BCUT2D eigenvalue weighted by Gasteiger charge is 2.31. The van der Waals surface area contributed by atoms with Crippen molar-refractivity contribution in [3.63, 3.8) is 0 Å². The Kier molecular flexibility index (Phi) is 8.60. The molecule has 6 nitrogen and oxygen atoms in total. The number of hydrogen-bond donors (Lipinski definition) is 1. The van der Waals surface area contributed by atoms with Crippen molar-refractivity contribution in [2.75, 3.05) is 44.6 Å². The fourth-order valence-electron chi connectivity index (χ4n) is 3.95. The summed E-state index contributed by atoms with van der Waals surface area (Å²) in [7, 11) is 0. The molecule has 0 aromatic heterocycles. The van der Waals surface area contributed by atoms with Gasteiger partial charge in [0.1, 0.15) is 5.82 Å². The van der Waals surface area contributed by atoms with Crippen LogP contribution in [-0.4, -0.2) is 65.9 Å². The van der Waals surface area contributed by atoms with Gasteiger partial charge in [-0.05, 0) is 35.9 Å². The maximum atomic E-state index is 13.3. The van der Waals surface area contributed by atoms with Gasteiger partial charge >= 0.3 is 12.2 Å². The SMILES string of the molecule is CC(C)(C)C(=O)N(CCN1CCN(C(=O)Nc2cccc(C(F)(F)F)c2)CC1)Cc1ccc(F)cc1. The predicted molar refractivity (Wildman–Crippen MR) is 130 cm³/mol. The van der Waals surface area contributed by atoms with Gasteiger partial charge in [0.25, 0.3) is 0 Å². The van der Waals surface area contributed by atoms with E-state index in [1.807, 2.05) is 20.8 Å². The van der Waals surface area contributed by atoms with Crippen LogP contribution in [0, 0.1) is 11.2 Å². The molecule has 3 rings (SSSR count). The molecule has 3 amide bonds. The summed E-state index contributed by atoms with van der Waals surface area (Å²) in [5, 5.41) is 2.54. The first-order valence-electron chi connectivity index (χ1n) is 11.8. The third-order valence-electron chi connectivity index (χ3n) is 6.00. The summed E-state index contributed by atoms with van der Waals surface area (Å²) < 4.78 is 52.0. The lowest BCUT2D eigenvalue weighted by atomic mass is 9.94. The molecule has 1 heterocycles. The number of anilines is 1. The monoisotopic (exact) mass is 508 g/mol. The Labute approximate surface area is 208 Å². The van der Waals surface area contributed by atoms with Crippen LogP contribution in [0.1, 0.15) is 31.9 Å². The van der Waals surface area contributed by atoms with Gasteiger partial charge in [0.2, 0.25) is 5.91 Å². The number of carbonyl (C=O) groups excluding carboxylic acids is 2. The highest BCUT2D eigenvalue weighted by molar-refractivity contribution is 5.89. The van der Waals surface area contributed by atoms with Crippen LogP contribution in [0.3, 0.4) is 0 Å². The fraction of sp³-hybridized carbons (Fsp3) is 0.462. The molecule has 2 aromatic rings. The Morgan fingerprint density at radius 1 is 0.972 bits per heavy atom.